The monoisotopic (exact) mass is 530 g/mol. The Labute approximate surface area is 234 Å². The van der Waals surface area contributed by atoms with Crippen molar-refractivity contribution in [2.75, 3.05) is 14.2 Å². The maximum Gasteiger partial charge on any atom is 0.315 e. The van der Waals surface area contributed by atoms with Crippen LogP contribution in [0.5, 0.6) is 28.7 Å². The molecule has 5 aromatic carbocycles. The van der Waals surface area contributed by atoms with E-state index in [0.29, 0.717) is 11.5 Å². The van der Waals surface area contributed by atoms with Crippen molar-refractivity contribution in [3.05, 3.63) is 120 Å². The van der Waals surface area contributed by atoms with Crippen molar-refractivity contribution in [1.82, 2.24) is 0 Å². The van der Waals surface area contributed by atoms with Crippen LogP contribution in [-0.2, 0) is 4.79 Å². The highest BCUT2D eigenvalue weighted by Gasteiger charge is 2.13. The average molecular weight is 531 g/mol. The van der Waals surface area contributed by atoms with Crippen LogP contribution in [0.1, 0.15) is 17.5 Å². The lowest BCUT2D eigenvalue weighted by Crippen LogP contribution is -2.05. The minimum atomic E-state index is -0.307. The van der Waals surface area contributed by atoms with Gasteiger partial charge in [0.15, 0.2) is 0 Å². The van der Waals surface area contributed by atoms with Gasteiger partial charge in [-0.25, -0.2) is 0 Å². The molecule has 0 aliphatic carbocycles. The Bertz CT molecular complexity index is 1630. The predicted octanol–water partition coefficient (Wildman–Crippen LogP) is 8.63. The molecule has 200 valence electrons. The fourth-order valence-electron chi connectivity index (χ4n) is 4.35. The minimum Gasteiger partial charge on any atom is -0.497 e. The van der Waals surface area contributed by atoms with Crippen LogP contribution < -0.4 is 18.9 Å². The van der Waals surface area contributed by atoms with E-state index in [1.165, 1.54) is 0 Å². The molecule has 0 atom stereocenters. The lowest BCUT2D eigenvalue weighted by molar-refractivity contribution is -0.133. The number of fused-ring (bicyclic) bond motifs is 1. The number of hydrogen-bond donors (Lipinski definition) is 0. The number of benzene rings is 5. The smallest absolute Gasteiger partial charge is 0.315 e. The van der Waals surface area contributed by atoms with Crippen molar-refractivity contribution >= 4 is 22.8 Å². The highest BCUT2D eigenvalue weighted by Crippen LogP contribution is 2.41. The van der Waals surface area contributed by atoms with E-state index in [9.17, 15) is 4.79 Å². The van der Waals surface area contributed by atoms with Gasteiger partial charge in [-0.2, -0.15) is 0 Å². The highest BCUT2D eigenvalue weighted by atomic mass is 16.5. The van der Waals surface area contributed by atoms with E-state index < -0.39 is 0 Å². The van der Waals surface area contributed by atoms with Gasteiger partial charge in [0, 0.05) is 10.9 Å². The minimum absolute atomic E-state index is 0.177. The van der Waals surface area contributed by atoms with Crippen LogP contribution in [0, 0.1) is 6.92 Å². The summed E-state index contributed by atoms with van der Waals surface area (Å²) in [5.74, 6) is 3.28. The molecule has 0 saturated carbocycles. The average Bonchev–Trinajstić information content (AvgIpc) is 2.99. The molecule has 0 heterocycles. The molecule has 0 unspecified atom stereocenters. The first-order valence-electron chi connectivity index (χ1n) is 13.0. The van der Waals surface area contributed by atoms with E-state index in [1.54, 1.807) is 32.4 Å². The molecular weight excluding hydrogens is 500 g/mol. The Morgan fingerprint density at radius 3 is 2.05 bits per heavy atom. The number of carbonyl (C=O) groups excluding carboxylic acids is 1. The van der Waals surface area contributed by atoms with Gasteiger partial charge < -0.3 is 18.9 Å². The first kappa shape index (κ1) is 26.6. The topological polar surface area (TPSA) is 54.0 Å². The summed E-state index contributed by atoms with van der Waals surface area (Å²) in [5, 5.41) is 1.99. The number of rotatable bonds is 9. The number of aryl methyl sites for hydroxylation is 1. The Morgan fingerprint density at radius 2 is 1.35 bits per heavy atom. The Balaban J connectivity index is 1.34. The van der Waals surface area contributed by atoms with Crippen LogP contribution in [0.15, 0.2) is 109 Å². The van der Waals surface area contributed by atoms with Crippen LogP contribution in [0.4, 0.5) is 0 Å². The quantitative estimate of drug-likeness (QED) is 0.141. The second kappa shape index (κ2) is 12.2. The highest BCUT2D eigenvalue weighted by molar-refractivity contribution is 5.96. The summed E-state index contributed by atoms with van der Waals surface area (Å²) in [6, 6.07) is 33.2. The molecule has 5 aromatic rings. The summed E-state index contributed by atoms with van der Waals surface area (Å²) in [6.45, 7) is 1.99. The number of carbonyl (C=O) groups is 1. The zero-order valence-electron chi connectivity index (χ0n) is 22.7. The molecule has 0 aromatic heterocycles. The maximum absolute atomic E-state index is 12.2. The molecule has 0 saturated heterocycles. The number of esters is 1. The van der Waals surface area contributed by atoms with Crippen LogP contribution in [0.25, 0.3) is 28.0 Å². The summed E-state index contributed by atoms with van der Waals surface area (Å²) in [4.78, 5) is 12.2. The third-order valence-electron chi connectivity index (χ3n) is 6.53. The van der Waals surface area contributed by atoms with Gasteiger partial charge in [0.05, 0.1) is 20.6 Å². The molecule has 0 amide bonds. The number of methoxy groups -OCH3 is 2. The van der Waals surface area contributed by atoms with Crippen LogP contribution in [0.3, 0.4) is 0 Å². The van der Waals surface area contributed by atoms with Crippen molar-refractivity contribution < 1.29 is 23.7 Å². The third-order valence-corrected chi connectivity index (χ3v) is 6.53. The van der Waals surface area contributed by atoms with Gasteiger partial charge in [0.1, 0.15) is 28.7 Å². The maximum atomic E-state index is 12.2. The summed E-state index contributed by atoms with van der Waals surface area (Å²) < 4.78 is 22.6. The Hall–Kier alpha value is -5.03. The molecular formula is C35H30O5. The van der Waals surface area contributed by atoms with E-state index in [-0.39, 0.29) is 12.4 Å². The third kappa shape index (κ3) is 6.33. The molecule has 0 aliphatic rings. The summed E-state index contributed by atoms with van der Waals surface area (Å²) in [7, 11) is 3.32. The van der Waals surface area contributed by atoms with Crippen molar-refractivity contribution in [3.63, 3.8) is 0 Å². The molecule has 0 spiro atoms. The fourth-order valence-corrected chi connectivity index (χ4v) is 4.35. The number of hydrogen-bond acceptors (Lipinski definition) is 5. The van der Waals surface area contributed by atoms with E-state index >= 15 is 0 Å². The standard InChI is InChI=1S/C35H30O5/c1-24-7-14-29(15-8-24)39-34(36)6-4-5-25-9-16-30(17-10-25)40-35-32(26-11-18-28(37-2)19-12-26)21-13-27-23-31(38-3)20-22-33(27)35/h4-5,7-23H,6H2,1-3H3. The molecule has 0 radical (unpaired) electrons. The first-order valence-corrected chi connectivity index (χ1v) is 13.0. The molecule has 5 heteroatoms. The predicted molar refractivity (Wildman–Crippen MR) is 159 cm³/mol. The Morgan fingerprint density at radius 1 is 0.700 bits per heavy atom. The van der Waals surface area contributed by atoms with E-state index in [2.05, 4.69) is 12.1 Å². The van der Waals surface area contributed by atoms with Crippen molar-refractivity contribution in [2.24, 2.45) is 0 Å². The zero-order valence-corrected chi connectivity index (χ0v) is 22.7. The molecule has 5 rings (SSSR count). The lowest BCUT2D eigenvalue weighted by atomic mass is 9.99. The van der Waals surface area contributed by atoms with Crippen LogP contribution in [0.2, 0.25) is 0 Å². The summed E-state index contributed by atoms with van der Waals surface area (Å²) in [6.07, 6.45) is 3.87. The second-order valence-corrected chi connectivity index (χ2v) is 9.32. The molecule has 5 nitrogen and oxygen atoms in total. The number of ether oxygens (including phenoxy) is 4. The molecule has 40 heavy (non-hydrogen) atoms. The van der Waals surface area contributed by atoms with Gasteiger partial charge in [-0.3, -0.25) is 4.79 Å². The normalized spacial score (nSPS) is 11.0. The largest absolute Gasteiger partial charge is 0.497 e. The van der Waals surface area contributed by atoms with E-state index in [4.69, 9.17) is 18.9 Å². The SMILES string of the molecule is COc1ccc(-c2ccc3cc(OC)ccc3c2Oc2ccc(C=CCC(=O)Oc3ccc(C)cc3)cc2)cc1. The van der Waals surface area contributed by atoms with Crippen LogP contribution in [-0.4, -0.2) is 20.2 Å². The van der Waals surface area contributed by atoms with Gasteiger partial charge in [-0.1, -0.05) is 60.2 Å². The van der Waals surface area contributed by atoms with Crippen molar-refractivity contribution in [2.45, 2.75) is 13.3 Å². The summed E-state index contributed by atoms with van der Waals surface area (Å²) >= 11 is 0. The van der Waals surface area contributed by atoms with Gasteiger partial charge in [-0.05, 0) is 84.1 Å². The van der Waals surface area contributed by atoms with Crippen molar-refractivity contribution in [3.8, 4) is 39.9 Å². The Kier molecular flexibility index (Phi) is 8.12. The second-order valence-electron chi connectivity index (χ2n) is 9.32. The lowest BCUT2D eigenvalue weighted by Gasteiger charge is -2.16. The molecule has 0 bridgehead atoms. The van der Waals surface area contributed by atoms with E-state index in [1.807, 2.05) is 91.9 Å². The molecule has 0 N–H and O–H groups in total. The van der Waals surface area contributed by atoms with E-state index in [0.717, 1.165) is 50.3 Å². The van der Waals surface area contributed by atoms with Crippen LogP contribution >= 0.6 is 0 Å². The summed E-state index contributed by atoms with van der Waals surface area (Å²) in [5.41, 5.74) is 4.06. The fraction of sp³-hybridized carbons (Fsp3) is 0.114. The van der Waals surface area contributed by atoms with Gasteiger partial charge in [0.2, 0.25) is 0 Å². The zero-order chi connectivity index (χ0) is 27.9. The molecule has 0 aliphatic heterocycles. The van der Waals surface area contributed by atoms with Gasteiger partial charge in [-0.15, -0.1) is 0 Å². The molecule has 0 fully saturated rings. The first-order chi connectivity index (χ1) is 19.5. The van der Waals surface area contributed by atoms with Gasteiger partial charge in [0.25, 0.3) is 0 Å². The van der Waals surface area contributed by atoms with Crippen molar-refractivity contribution in [1.29, 1.82) is 0 Å². The van der Waals surface area contributed by atoms with Gasteiger partial charge >= 0.3 is 5.97 Å².